The first-order valence-electron chi connectivity index (χ1n) is 6.24. The number of aryl methyl sites for hydroxylation is 1. The minimum Gasteiger partial charge on any atom is -0.491 e. The van der Waals surface area contributed by atoms with Gasteiger partial charge in [0.1, 0.15) is 12.4 Å². The van der Waals surface area contributed by atoms with Crippen molar-refractivity contribution in [2.75, 3.05) is 13.2 Å². The van der Waals surface area contributed by atoms with Crippen LogP contribution in [-0.2, 0) is 6.54 Å². The average Bonchev–Trinajstić information content (AvgIpc) is 2.28. The Morgan fingerprint density at radius 1 is 1.41 bits per heavy atom. The molecular weight excluding hydrogens is 214 g/mol. The number of benzene rings is 1. The van der Waals surface area contributed by atoms with Gasteiger partial charge in [0.2, 0.25) is 0 Å². The zero-order chi connectivity index (χ0) is 12.7. The maximum Gasteiger partial charge on any atom is 0.123 e. The van der Waals surface area contributed by atoms with E-state index in [2.05, 4.69) is 25.2 Å². The van der Waals surface area contributed by atoms with E-state index in [1.165, 1.54) is 5.56 Å². The second-order valence-corrected chi connectivity index (χ2v) is 4.45. The van der Waals surface area contributed by atoms with Crippen molar-refractivity contribution in [3.05, 3.63) is 29.3 Å². The Labute approximate surface area is 104 Å². The number of aliphatic hydroxyl groups is 1. The molecule has 0 heterocycles. The minimum atomic E-state index is -0.437. The van der Waals surface area contributed by atoms with Crippen LogP contribution in [0.25, 0.3) is 0 Å². The monoisotopic (exact) mass is 237 g/mol. The van der Waals surface area contributed by atoms with E-state index in [0.29, 0.717) is 6.61 Å². The molecular formula is C14H23NO2. The second kappa shape index (κ2) is 7.30. The normalized spacial score (nSPS) is 12.5. The largest absolute Gasteiger partial charge is 0.491 e. The van der Waals surface area contributed by atoms with Gasteiger partial charge in [-0.2, -0.15) is 0 Å². The van der Waals surface area contributed by atoms with Crippen LogP contribution in [0.4, 0.5) is 0 Å². The van der Waals surface area contributed by atoms with Crippen LogP contribution in [0.3, 0.4) is 0 Å². The predicted molar refractivity (Wildman–Crippen MR) is 70.4 cm³/mol. The maximum atomic E-state index is 9.23. The average molecular weight is 237 g/mol. The van der Waals surface area contributed by atoms with Gasteiger partial charge in [-0.3, -0.25) is 0 Å². The maximum absolute atomic E-state index is 9.23. The highest BCUT2D eigenvalue weighted by Gasteiger charge is 2.05. The molecule has 0 fully saturated rings. The third-order valence-electron chi connectivity index (χ3n) is 2.44. The molecule has 0 aliphatic carbocycles. The van der Waals surface area contributed by atoms with E-state index in [9.17, 15) is 5.11 Å². The molecule has 1 aromatic carbocycles. The first kappa shape index (κ1) is 14.0. The molecule has 0 saturated carbocycles. The standard InChI is InChI=1S/C14H23NO2/c1-4-7-15-9-13-8-11(2)5-6-14(13)17-10-12(3)16/h5-6,8,12,15-16H,4,7,9-10H2,1-3H3. The van der Waals surface area contributed by atoms with Crippen molar-refractivity contribution in [2.24, 2.45) is 0 Å². The molecule has 96 valence electrons. The van der Waals surface area contributed by atoms with Crippen LogP contribution in [0.1, 0.15) is 31.4 Å². The lowest BCUT2D eigenvalue weighted by Gasteiger charge is -2.14. The van der Waals surface area contributed by atoms with Crippen molar-refractivity contribution in [1.82, 2.24) is 5.32 Å². The van der Waals surface area contributed by atoms with Crippen molar-refractivity contribution < 1.29 is 9.84 Å². The summed E-state index contributed by atoms with van der Waals surface area (Å²) in [6.45, 7) is 8.09. The van der Waals surface area contributed by atoms with Crippen molar-refractivity contribution >= 4 is 0 Å². The van der Waals surface area contributed by atoms with Gasteiger partial charge >= 0.3 is 0 Å². The van der Waals surface area contributed by atoms with Crippen molar-refractivity contribution in [2.45, 2.75) is 39.8 Å². The minimum absolute atomic E-state index is 0.337. The molecule has 0 aliphatic heterocycles. The van der Waals surface area contributed by atoms with Crippen LogP contribution in [0.5, 0.6) is 5.75 Å². The van der Waals surface area contributed by atoms with Gasteiger partial charge in [-0.05, 0) is 32.9 Å². The van der Waals surface area contributed by atoms with Gasteiger partial charge in [0.05, 0.1) is 6.10 Å². The van der Waals surface area contributed by atoms with E-state index in [1.54, 1.807) is 6.92 Å². The number of rotatable bonds is 7. The Hall–Kier alpha value is -1.06. The van der Waals surface area contributed by atoms with Gasteiger partial charge in [0.15, 0.2) is 0 Å². The molecule has 0 aromatic heterocycles. The first-order valence-corrected chi connectivity index (χ1v) is 6.24. The molecule has 1 atom stereocenters. The predicted octanol–water partition coefficient (Wildman–Crippen LogP) is 2.25. The summed E-state index contributed by atoms with van der Waals surface area (Å²) < 4.78 is 5.59. The molecule has 0 spiro atoms. The number of aliphatic hydroxyl groups excluding tert-OH is 1. The summed E-state index contributed by atoms with van der Waals surface area (Å²) in [7, 11) is 0. The molecule has 0 bridgehead atoms. The summed E-state index contributed by atoms with van der Waals surface area (Å²) in [5, 5.41) is 12.6. The molecule has 0 amide bonds. The van der Waals surface area contributed by atoms with E-state index in [-0.39, 0.29) is 0 Å². The lowest BCUT2D eigenvalue weighted by atomic mass is 10.1. The summed E-state index contributed by atoms with van der Waals surface area (Å²) in [6.07, 6.45) is 0.683. The molecule has 3 heteroatoms. The Morgan fingerprint density at radius 3 is 2.82 bits per heavy atom. The third-order valence-corrected chi connectivity index (χ3v) is 2.44. The van der Waals surface area contributed by atoms with Crippen LogP contribution in [0, 0.1) is 6.92 Å². The summed E-state index contributed by atoms with van der Waals surface area (Å²) in [5.74, 6) is 0.861. The molecule has 1 unspecified atom stereocenters. The Morgan fingerprint density at radius 2 is 2.18 bits per heavy atom. The summed E-state index contributed by atoms with van der Waals surface area (Å²) >= 11 is 0. The van der Waals surface area contributed by atoms with E-state index in [4.69, 9.17) is 4.74 Å². The zero-order valence-electron chi connectivity index (χ0n) is 11.0. The molecule has 0 aliphatic rings. The number of nitrogens with one attached hydrogen (secondary N) is 1. The van der Waals surface area contributed by atoms with Crippen LogP contribution in [0.2, 0.25) is 0 Å². The van der Waals surface area contributed by atoms with Crippen molar-refractivity contribution in [1.29, 1.82) is 0 Å². The molecule has 0 saturated heterocycles. The van der Waals surface area contributed by atoms with Crippen molar-refractivity contribution in [3.63, 3.8) is 0 Å². The number of hydrogen-bond acceptors (Lipinski definition) is 3. The Kier molecular flexibility index (Phi) is 6.01. The van der Waals surface area contributed by atoms with Crippen LogP contribution in [-0.4, -0.2) is 24.4 Å². The van der Waals surface area contributed by atoms with Crippen LogP contribution in [0.15, 0.2) is 18.2 Å². The summed E-state index contributed by atoms with van der Waals surface area (Å²) in [6, 6.07) is 6.13. The molecule has 0 radical (unpaired) electrons. The zero-order valence-corrected chi connectivity index (χ0v) is 11.0. The van der Waals surface area contributed by atoms with Crippen LogP contribution < -0.4 is 10.1 Å². The molecule has 1 aromatic rings. The highest BCUT2D eigenvalue weighted by Crippen LogP contribution is 2.20. The number of hydrogen-bond donors (Lipinski definition) is 2. The van der Waals surface area contributed by atoms with E-state index in [1.807, 2.05) is 12.1 Å². The topological polar surface area (TPSA) is 41.5 Å². The van der Waals surface area contributed by atoms with Gasteiger partial charge in [0.25, 0.3) is 0 Å². The number of ether oxygens (including phenoxy) is 1. The van der Waals surface area contributed by atoms with Crippen LogP contribution >= 0.6 is 0 Å². The fourth-order valence-corrected chi connectivity index (χ4v) is 1.60. The van der Waals surface area contributed by atoms with Gasteiger partial charge < -0.3 is 15.2 Å². The Balaban J connectivity index is 2.66. The SMILES string of the molecule is CCCNCc1cc(C)ccc1OCC(C)O. The first-order chi connectivity index (χ1) is 8.13. The summed E-state index contributed by atoms with van der Waals surface area (Å²) in [4.78, 5) is 0. The van der Waals surface area contributed by atoms with E-state index < -0.39 is 6.10 Å². The quantitative estimate of drug-likeness (QED) is 0.715. The lowest BCUT2D eigenvalue weighted by Crippen LogP contribution is -2.17. The Bertz CT molecular complexity index is 337. The summed E-state index contributed by atoms with van der Waals surface area (Å²) in [5.41, 5.74) is 2.38. The van der Waals surface area contributed by atoms with Crippen molar-refractivity contribution in [3.8, 4) is 5.75 Å². The highest BCUT2D eigenvalue weighted by atomic mass is 16.5. The highest BCUT2D eigenvalue weighted by molar-refractivity contribution is 5.36. The van der Waals surface area contributed by atoms with Gasteiger partial charge in [-0.15, -0.1) is 0 Å². The van der Waals surface area contributed by atoms with Gasteiger partial charge in [0, 0.05) is 12.1 Å². The molecule has 1 rings (SSSR count). The third kappa shape index (κ3) is 5.20. The van der Waals surface area contributed by atoms with Gasteiger partial charge in [-0.25, -0.2) is 0 Å². The molecule has 17 heavy (non-hydrogen) atoms. The fourth-order valence-electron chi connectivity index (χ4n) is 1.60. The molecule has 2 N–H and O–H groups in total. The lowest BCUT2D eigenvalue weighted by molar-refractivity contribution is 0.122. The fraction of sp³-hybridized carbons (Fsp3) is 0.571. The molecule has 3 nitrogen and oxygen atoms in total. The van der Waals surface area contributed by atoms with E-state index in [0.717, 1.165) is 30.8 Å². The smallest absolute Gasteiger partial charge is 0.123 e. The second-order valence-electron chi connectivity index (χ2n) is 4.45. The van der Waals surface area contributed by atoms with Gasteiger partial charge in [-0.1, -0.05) is 24.6 Å². The van der Waals surface area contributed by atoms with E-state index >= 15 is 0 Å².